The number of nitrogens with one attached hydrogen (secondary N) is 2. The average molecular weight is 664 g/mol. The van der Waals surface area contributed by atoms with E-state index in [1.54, 1.807) is 0 Å². The minimum atomic E-state index is -0.975. The summed E-state index contributed by atoms with van der Waals surface area (Å²) in [5.74, 6) is -0.0366. The monoisotopic (exact) mass is 663 g/mol. The maximum atomic E-state index is 13.6. The molecule has 11 nitrogen and oxygen atoms in total. The van der Waals surface area contributed by atoms with Crippen LogP contribution < -0.4 is 21.7 Å². The number of carbonyl (C=O) groups excluding carboxylic acids is 2. The third-order valence-corrected chi connectivity index (χ3v) is 12.5. The van der Waals surface area contributed by atoms with Crippen molar-refractivity contribution in [3.63, 3.8) is 0 Å². The number of epoxide rings is 1. The number of quaternary nitrogens is 1. The largest absolute Gasteiger partial charge is 0.457 e. The van der Waals surface area contributed by atoms with Gasteiger partial charge in [-0.2, -0.15) is 0 Å². The first-order valence-electron chi connectivity index (χ1n) is 18.9. The van der Waals surface area contributed by atoms with Crippen LogP contribution in [0.4, 0.5) is 0 Å². The lowest BCUT2D eigenvalue weighted by Gasteiger charge is -2.53. The van der Waals surface area contributed by atoms with E-state index < -0.39 is 29.3 Å². The van der Waals surface area contributed by atoms with Gasteiger partial charge in [-0.1, -0.05) is 19.8 Å². The Bertz CT molecular complexity index is 1110. The molecule has 11 heteroatoms. The van der Waals surface area contributed by atoms with Crippen molar-refractivity contribution in [2.75, 3.05) is 13.1 Å². The smallest absolute Gasteiger partial charge is 0.341 e. The number of aliphatic hydroxyl groups excluding tert-OH is 1. The number of fused-ring (bicyclic) bond motifs is 2. The number of esters is 1. The van der Waals surface area contributed by atoms with Crippen LogP contribution in [0.1, 0.15) is 112 Å². The zero-order chi connectivity index (χ0) is 33.5. The van der Waals surface area contributed by atoms with Crippen molar-refractivity contribution in [1.29, 1.82) is 0 Å². The summed E-state index contributed by atoms with van der Waals surface area (Å²) in [6.07, 6.45) is 9.44. The van der Waals surface area contributed by atoms with Crippen molar-refractivity contribution < 1.29 is 39.0 Å². The van der Waals surface area contributed by atoms with Gasteiger partial charge in [0.2, 0.25) is 0 Å². The second-order valence-corrected chi connectivity index (χ2v) is 16.5. The van der Waals surface area contributed by atoms with E-state index in [-0.39, 0.29) is 48.3 Å². The van der Waals surface area contributed by atoms with Crippen LogP contribution in [0.2, 0.25) is 0 Å². The number of Topliss-reactive ketones (excluding diaryl/α,β-unsaturated/α-hetero) is 1. The third kappa shape index (κ3) is 7.93. The van der Waals surface area contributed by atoms with Gasteiger partial charge in [-0.3, -0.25) is 15.4 Å². The Morgan fingerprint density at radius 3 is 2.70 bits per heavy atom. The molecule has 6 rings (SSSR count). The zero-order valence-corrected chi connectivity index (χ0v) is 29.5. The van der Waals surface area contributed by atoms with E-state index in [2.05, 4.69) is 22.9 Å². The fourth-order valence-corrected chi connectivity index (χ4v) is 9.62. The Morgan fingerprint density at radius 2 is 1.91 bits per heavy atom. The Labute approximate surface area is 281 Å². The first-order chi connectivity index (χ1) is 22.4. The van der Waals surface area contributed by atoms with E-state index in [0.717, 1.165) is 38.8 Å². The number of aliphatic hydroxyl groups is 1. The van der Waals surface area contributed by atoms with Crippen molar-refractivity contribution in [3.8, 4) is 0 Å². The number of unbranched alkanes of at least 4 members (excludes halogenated alkanes) is 2. The number of ketones is 1. The molecule has 5 saturated heterocycles. The normalized spacial score (nSPS) is 46.3. The number of ether oxygens (including phenoxy) is 4. The molecule has 0 spiro atoms. The highest BCUT2D eigenvalue weighted by atomic mass is 16.7. The third-order valence-electron chi connectivity index (χ3n) is 12.5. The Kier molecular flexibility index (Phi) is 11.1. The van der Waals surface area contributed by atoms with E-state index in [9.17, 15) is 14.7 Å². The molecule has 0 bridgehead atoms. The summed E-state index contributed by atoms with van der Waals surface area (Å²) >= 11 is 0. The van der Waals surface area contributed by atoms with E-state index in [4.69, 9.17) is 24.7 Å². The van der Waals surface area contributed by atoms with Gasteiger partial charge in [0, 0.05) is 44.2 Å². The average Bonchev–Trinajstić information content (AvgIpc) is 3.69. The van der Waals surface area contributed by atoms with E-state index in [1.165, 1.54) is 32.1 Å². The first kappa shape index (κ1) is 35.6. The molecule has 1 saturated carbocycles. The molecule has 5 aliphatic heterocycles. The number of rotatable bonds is 11. The molecular formula is C36H63N4O7+. The second-order valence-electron chi connectivity index (χ2n) is 16.5. The number of hydrogen-bond donors (Lipinski definition) is 5. The Hall–Kier alpha value is -1.18. The number of nitrogens with two attached hydrogens (primary N) is 2. The Morgan fingerprint density at radius 1 is 1.11 bits per heavy atom. The van der Waals surface area contributed by atoms with Gasteiger partial charge in [-0.15, -0.1) is 0 Å². The van der Waals surface area contributed by atoms with Gasteiger partial charge in [0.25, 0.3) is 0 Å². The van der Waals surface area contributed by atoms with Gasteiger partial charge in [-0.05, 0) is 78.1 Å². The molecule has 0 radical (unpaired) electrons. The van der Waals surface area contributed by atoms with Crippen LogP contribution in [0, 0.1) is 23.7 Å². The van der Waals surface area contributed by atoms with Gasteiger partial charge >= 0.3 is 5.97 Å². The number of hydrogen-bond acceptors (Lipinski definition) is 10. The molecule has 5 heterocycles. The van der Waals surface area contributed by atoms with Crippen LogP contribution in [0.25, 0.3) is 0 Å². The molecule has 0 aromatic rings. The van der Waals surface area contributed by atoms with Crippen molar-refractivity contribution in [2.24, 2.45) is 29.4 Å². The predicted molar refractivity (Wildman–Crippen MR) is 176 cm³/mol. The summed E-state index contributed by atoms with van der Waals surface area (Å²) in [5, 5.41) is 21.3. The fourth-order valence-electron chi connectivity index (χ4n) is 9.62. The lowest BCUT2D eigenvalue weighted by Crippen LogP contribution is -2.95. The van der Waals surface area contributed by atoms with Crippen LogP contribution in [0.15, 0.2) is 0 Å². The minimum absolute atomic E-state index is 0.00117. The van der Waals surface area contributed by atoms with Gasteiger partial charge in [0.1, 0.15) is 18.1 Å². The van der Waals surface area contributed by atoms with E-state index >= 15 is 0 Å². The maximum absolute atomic E-state index is 13.6. The van der Waals surface area contributed by atoms with Gasteiger partial charge < -0.3 is 35.1 Å². The molecule has 6 aliphatic rings. The zero-order valence-electron chi connectivity index (χ0n) is 29.5. The molecule has 11 unspecified atom stereocenters. The fraction of sp³-hybridized carbons (Fsp3) is 0.944. The summed E-state index contributed by atoms with van der Waals surface area (Å²) in [5.41, 5.74) is 4.82. The van der Waals surface area contributed by atoms with Crippen molar-refractivity contribution in [1.82, 2.24) is 10.6 Å². The summed E-state index contributed by atoms with van der Waals surface area (Å²) in [7, 11) is 0. The SMILES string of the molecule is CCCCCNC1CC(C2CC(CC[C@@H]3O[C@]3(C)C(=O)O[C@H]3CC4C(CC5OC(C)CC(=O)C5C4O)OC3(C)C)CC(N)N2)CC[NH2+]1. The van der Waals surface area contributed by atoms with Gasteiger partial charge in [-0.25, -0.2) is 4.79 Å². The molecule has 0 amide bonds. The molecule has 47 heavy (non-hydrogen) atoms. The lowest BCUT2D eigenvalue weighted by molar-refractivity contribution is -0.705. The van der Waals surface area contributed by atoms with E-state index in [0.29, 0.717) is 43.3 Å². The Balaban J connectivity index is 0.985. The molecule has 1 aliphatic carbocycles. The quantitative estimate of drug-likeness (QED) is 0.125. The predicted octanol–water partition coefficient (Wildman–Crippen LogP) is 1.88. The van der Waals surface area contributed by atoms with Crippen molar-refractivity contribution in [3.05, 3.63) is 0 Å². The first-order valence-corrected chi connectivity index (χ1v) is 18.9. The standard InChI is InChI=1S/C36H62N4O7/c1-6-7-8-12-38-31-17-22(11-13-39-31)24-15-21(16-30(37)40-24)9-10-28-36(5,47-28)34(43)45-29-18-23-26(46-35(29,3)4)19-27-32(33(23)42)25(41)14-20(2)44-27/h20-24,26-33,38-40,42H,6-19,37H2,1-5H3/p+1/t20?,21?,22?,23?,24?,26?,27?,28-,29-,30?,31?,32?,33?,36-/m0/s1. The topological polar surface area (TPSA) is 161 Å². The number of piperidine rings is 2. The maximum Gasteiger partial charge on any atom is 0.341 e. The molecule has 0 aromatic heterocycles. The molecular weight excluding hydrogens is 600 g/mol. The highest BCUT2D eigenvalue weighted by Gasteiger charge is 2.62. The lowest BCUT2D eigenvalue weighted by atomic mass is 9.67. The molecule has 0 aromatic carbocycles. The van der Waals surface area contributed by atoms with Crippen molar-refractivity contribution in [2.45, 2.75) is 178 Å². The molecule has 7 N–H and O–H groups in total. The molecule has 14 atom stereocenters. The summed E-state index contributed by atoms with van der Waals surface area (Å²) in [4.78, 5) is 26.4. The summed E-state index contributed by atoms with van der Waals surface area (Å²) in [6.45, 7) is 12.1. The summed E-state index contributed by atoms with van der Waals surface area (Å²) in [6, 6.07) is 0.426. The van der Waals surface area contributed by atoms with Crippen LogP contribution in [-0.4, -0.2) is 96.1 Å². The van der Waals surface area contributed by atoms with Crippen LogP contribution >= 0.6 is 0 Å². The van der Waals surface area contributed by atoms with Crippen molar-refractivity contribution >= 4 is 11.8 Å². The summed E-state index contributed by atoms with van der Waals surface area (Å²) < 4.78 is 24.7. The minimum Gasteiger partial charge on any atom is -0.457 e. The van der Waals surface area contributed by atoms with E-state index in [1.807, 2.05) is 27.7 Å². The highest BCUT2D eigenvalue weighted by molar-refractivity contribution is 5.84. The second kappa shape index (κ2) is 14.6. The van der Waals surface area contributed by atoms with Crippen LogP contribution in [0.3, 0.4) is 0 Å². The van der Waals surface area contributed by atoms with Crippen LogP contribution in [-0.2, 0) is 28.5 Å². The van der Waals surface area contributed by atoms with Gasteiger partial charge in [0.05, 0.1) is 54.7 Å². The van der Waals surface area contributed by atoms with Crippen LogP contribution in [0.5, 0.6) is 0 Å². The molecule has 6 fully saturated rings. The number of carbonyl (C=O) groups is 2. The highest BCUT2D eigenvalue weighted by Crippen LogP contribution is 2.48. The van der Waals surface area contributed by atoms with Gasteiger partial charge in [0.15, 0.2) is 5.60 Å². The molecule has 268 valence electrons.